The van der Waals surface area contributed by atoms with Crippen LogP contribution in [-0.2, 0) is 29.6 Å². The Labute approximate surface area is 228 Å². The number of rotatable bonds is 8. The number of sulfonamides is 1. The highest BCUT2D eigenvalue weighted by molar-refractivity contribution is 7.88. The van der Waals surface area contributed by atoms with Crippen molar-refractivity contribution in [2.75, 3.05) is 26.4 Å². The number of pyridine rings is 2. The van der Waals surface area contributed by atoms with E-state index in [1.165, 1.54) is 21.7 Å². The van der Waals surface area contributed by atoms with E-state index in [-0.39, 0.29) is 18.2 Å². The Bertz CT molecular complexity index is 1520. The summed E-state index contributed by atoms with van der Waals surface area (Å²) in [7, 11) is -1.53. The molecule has 8 nitrogen and oxygen atoms in total. The molecule has 38 heavy (non-hydrogen) atoms. The molecule has 1 N–H and O–H groups in total. The fourth-order valence-corrected chi connectivity index (χ4v) is 5.98. The quantitative estimate of drug-likeness (QED) is 0.453. The van der Waals surface area contributed by atoms with E-state index in [1.54, 1.807) is 37.6 Å². The monoisotopic (exact) mass is 554 g/mol. The molecule has 0 spiro atoms. The molecule has 1 aliphatic carbocycles. The lowest BCUT2D eigenvalue weighted by molar-refractivity contribution is 0.299. The maximum Gasteiger partial charge on any atom is 0.259 e. The zero-order chi connectivity index (χ0) is 26.9. The normalized spacial score (nSPS) is 17.9. The summed E-state index contributed by atoms with van der Waals surface area (Å²) < 4.78 is 31.3. The van der Waals surface area contributed by atoms with Gasteiger partial charge in [0.25, 0.3) is 5.56 Å². The summed E-state index contributed by atoms with van der Waals surface area (Å²) in [5.74, 6) is 0.527. The minimum absolute atomic E-state index is 0.0176. The van der Waals surface area contributed by atoms with Gasteiger partial charge in [0.15, 0.2) is 0 Å². The van der Waals surface area contributed by atoms with Gasteiger partial charge < -0.3 is 9.72 Å². The number of aromatic amines is 1. The Kier molecular flexibility index (Phi) is 7.72. The second-order valence-electron chi connectivity index (χ2n) is 9.96. The van der Waals surface area contributed by atoms with Gasteiger partial charge in [0.1, 0.15) is 12.4 Å². The van der Waals surface area contributed by atoms with Crippen LogP contribution in [0.1, 0.15) is 40.8 Å². The summed E-state index contributed by atoms with van der Waals surface area (Å²) in [5, 5.41) is 0.559. The van der Waals surface area contributed by atoms with Crippen molar-refractivity contribution < 1.29 is 13.2 Å². The summed E-state index contributed by atoms with van der Waals surface area (Å²) in [6.07, 6.45) is 8.89. The van der Waals surface area contributed by atoms with Crippen LogP contribution in [0.3, 0.4) is 0 Å². The van der Waals surface area contributed by atoms with Gasteiger partial charge in [0, 0.05) is 45.1 Å². The number of ether oxygens (including phenoxy) is 1. The highest BCUT2D eigenvalue weighted by Crippen LogP contribution is 2.34. The van der Waals surface area contributed by atoms with Crippen molar-refractivity contribution in [3.63, 3.8) is 0 Å². The molecule has 1 saturated heterocycles. The largest absolute Gasteiger partial charge is 0.486 e. The van der Waals surface area contributed by atoms with Crippen LogP contribution in [0, 0.1) is 0 Å². The maximum atomic E-state index is 12.8. The Morgan fingerprint density at radius 2 is 2.05 bits per heavy atom. The molecule has 1 aliphatic heterocycles. The van der Waals surface area contributed by atoms with Gasteiger partial charge in [0.2, 0.25) is 10.0 Å². The van der Waals surface area contributed by atoms with E-state index in [0.717, 1.165) is 55.7 Å². The molecule has 200 valence electrons. The third kappa shape index (κ3) is 6.02. The van der Waals surface area contributed by atoms with Crippen LogP contribution >= 0.6 is 11.6 Å². The summed E-state index contributed by atoms with van der Waals surface area (Å²) in [6, 6.07) is 11.8. The first-order valence-corrected chi connectivity index (χ1v) is 14.8. The van der Waals surface area contributed by atoms with Crippen molar-refractivity contribution in [2.24, 2.45) is 0 Å². The van der Waals surface area contributed by atoms with E-state index < -0.39 is 10.0 Å². The number of H-pyrrole nitrogens is 1. The number of hydrogen-bond donors (Lipinski definition) is 1. The zero-order valence-corrected chi connectivity index (χ0v) is 23.1. The number of aryl methyl sites for hydroxylation is 1. The summed E-state index contributed by atoms with van der Waals surface area (Å²) in [4.78, 5) is 22.2. The van der Waals surface area contributed by atoms with Gasteiger partial charge >= 0.3 is 0 Å². The van der Waals surface area contributed by atoms with Gasteiger partial charge in [0.05, 0.1) is 22.5 Å². The Morgan fingerprint density at radius 3 is 2.82 bits per heavy atom. The molecule has 0 bridgehead atoms. The Balaban J connectivity index is 1.30. The average molecular weight is 555 g/mol. The molecule has 1 aromatic carbocycles. The molecular weight excluding hydrogens is 524 g/mol. The van der Waals surface area contributed by atoms with Crippen LogP contribution in [0.2, 0.25) is 5.02 Å². The van der Waals surface area contributed by atoms with Gasteiger partial charge in [-0.25, -0.2) is 12.7 Å². The molecule has 1 atom stereocenters. The predicted molar refractivity (Wildman–Crippen MR) is 150 cm³/mol. The van der Waals surface area contributed by atoms with Gasteiger partial charge in [-0.05, 0) is 59.7 Å². The molecule has 2 aliphatic rings. The Morgan fingerprint density at radius 1 is 1.21 bits per heavy atom. The number of aromatic nitrogens is 2. The van der Waals surface area contributed by atoms with Gasteiger partial charge in [-0.3, -0.25) is 14.7 Å². The fourth-order valence-electron chi connectivity index (χ4n) is 5.15. The van der Waals surface area contributed by atoms with Crippen molar-refractivity contribution in [1.82, 2.24) is 19.2 Å². The van der Waals surface area contributed by atoms with Crippen molar-refractivity contribution in [1.29, 1.82) is 0 Å². The summed E-state index contributed by atoms with van der Waals surface area (Å²) >= 11 is 5.92. The number of likely N-dealkylation sites (tertiary alicyclic amines) is 1. The van der Waals surface area contributed by atoms with E-state index in [1.807, 2.05) is 0 Å². The first-order chi connectivity index (χ1) is 18.2. The molecule has 0 saturated carbocycles. The van der Waals surface area contributed by atoms with Crippen LogP contribution in [0.15, 0.2) is 53.6 Å². The molecule has 3 heterocycles. The summed E-state index contributed by atoms with van der Waals surface area (Å²) in [5.41, 5.74) is 5.59. The van der Waals surface area contributed by atoms with Crippen molar-refractivity contribution >= 4 is 33.3 Å². The lowest BCUT2D eigenvalue weighted by Crippen LogP contribution is -2.38. The molecule has 1 unspecified atom stereocenters. The standard InChI is InChI=1S/C28H31ClN4O4S/c1-32(38(2,35)36)25-10-12-33(17-25)16-19-3-4-21-14-22(6-5-20(21)13-19)27-26(9-11-30-28(27)34)37-18-24-8-7-23(29)15-31-24/h3-4,7-9,11,13-15,25H,5-6,10,12,16-18H2,1-2H3,(H,30,34). The molecule has 2 aromatic heterocycles. The molecule has 0 radical (unpaired) electrons. The number of nitrogens with zero attached hydrogens (tertiary/aromatic N) is 3. The number of benzene rings is 1. The van der Waals surface area contributed by atoms with Crippen LogP contribution in [0.4, 0.5) is 0 Å². The number of hydrogen-bond acceptors (Lipinski definition) is 6. The van der Waals surface area contributed by atoms with Crippen molar-refractivity contribution in [3.05, 3.63) is 92.1 Å². The van der Waals surface area contributed by atoms with E-state index in [9.17, 15) is 13.2 Å². The first-order valence-electron chi connectivity index (χ1n) is 12.6. The molecule has 1 fully saturated rings. The number of likely N-dealkylation sites (N-methyl/N-ethyl adjacent to an activating group) is 1. The lowest BCUT2D eigenvalue weighted by Gasteiger charge is -2.23. The van der Waals surface area contributed by atoms with Crippen LogP contribution in [0.25, 0.3) is 11.6 Å². The molecule has 10 heteroatoms. The number of allylic oxidation sites excluding steroid dienone is 1. The number of nitrogens with one attached hydrogen (secondary N) is 1. The first kappa shape index (κ1) is 26.6. The highest BCUT2D eigenvalue weighted by Gasteiger charge is 2.30. The minimum atomic E-state index is -3.19. The van der Waals surface area contributed by atoms with Gasteiger partial charge in [-0.15, -0.1) is 0 Å². The van der Waals surface area contributed by atoms with Crippen molar-refractivity contribution in [2.45, 2.75) is 38.5 Å². The van der Waals surface area contributed by atoms with Gasteiger partial charge in [-0.2, -0.15) is 0 Å². The van der Waals surface area contributed by atoms with Crippen molar-refractivity contribution in [3.8, 4) is 5.75 Å². The predicted octanol–water partition coefficient (Wildman–Crippen LogP) is 3.95. The van der Waals surface area contributed by atoms with E-state index >= 15 is 0 Å². The minimum Gasteiger partial charge on any atom is -0.486 e. The second-order valence-corrected chi connectivity index (χ2v) is 12.4. The zero-order valence-electron chi connectivity index (χ0n) is 21.5. The second kappa shape index (κ2) is 11.0. The van der Waals surface area contributed by atoms with E-state index in [2.05, 4.69) is 39.1 Å². The molecule has 3 aromatic rings. The molecule has 0 amide bonds. The third-order valence-corrected chi connectivity index (χ3v) is 8.87. The number of fused-ring (bicyclic) bond motifs is 1. The fraction of sp³-hybridized carbons (Fsp3) is 0.357. The maximum absolute atomic E-state index is 12.8. The van der Waals surface area contributed by atoms with Gasteiger partial charge in [-0.1, -0.05) is 35.9 Å². The smallest absolute Gasteiger partial charge is 0.259 e. The van der Waals surface area contributed by atoms with E-state index in [0.29, 0.717) is 16.3 Å². The topological polar surface area (TPSA) is 95.6 Å². The van der Waals surface area contributed by atoms with Crippen LogP contribution in [0.5, 0.6) is 5.75 Å². The van der Waals surface area contributed by atoms with Crippen LogP contribution in [-0.4, -0.2) is 60.0 Å². The van der Waals surface area contributed by atoms with E-state index in [4.69, 9.17) is 16.3 Å². The SMILES string of the molecule is CN(C1CCN(Cc2ccc3c(c2)CCC(c2c(OCc4ccc(Cl)cn4)cc[nH]c2=O)=C3)C1)S(C)(=O)=O. The Hall–Kier alpha value is -2.98. The summed E-state index contributed by atoms with van der Waals surface area (Å²) in [6.45, 7) is 2.62. The van der Waals surface area contributed by atoms with Crippen LogP contribution < -0.4 is 10.3 Å². The average Bonchev–Trinajstić information content (AvgIpc) is 3.35. The molecular formula is C28H31ClN4O4S. The lowest BCUT2D eigenvalue weighted by atomic mass is 9.88. The third-order valence-electron chi connectivity index (χ3n) is 7.30. The highest BCUT2D eigenvalue weighted by atomic mass is 35.5. The molecule has 5 rings (SSSR count). The number of halogens is 1.